The van der Waals surface area contributed by atoms with E-state index in [2.05, 4.69) is 24.3 Å². The number of carbonyl (C=O) groups excluding carboxylic acids is 1. The van der Waals surface area contributed by atoms with Crippen LogP contribution in [0, 0.1) is 16.0 Å². The number of amides is 1. The van der Waals surface area contributed by atoms with E-state index in [4.69, 9.17) is 17.0 Å². The molecule has 5 rings (SSSR count). The van der Waals surface area contributed by atoms with Crippen molar-refractivity contribution in [3.05, 3.63) is 98.6 Å². The maximum Gasteiger partial charge on any atom is 0.269 e. The first-order chi connectivity index (χ1) is 17.3. The number of ether oxygens (including phenoxy) is 1. The summed E-state index contributed by atoms with van der Waals surface area (Å²) in [4.78, 5) is 26.0. The van der Waals surface area contributed by atoms with Gasteiger partial charge in [-0.25, -0.2) is 0 Å². The molecule has 9 heteroatoms. The van der Waals surface area contributed by atoms with Gasteiger partial charge in [0, 0.05) is 17.0 Å². The second kappa shape index (κ2) is 10.0. The molecule has 2 heterocycles. The average molecular weight is 521 g/mol. The Hall–Kier alpha value is -3.27. The summed E-state index contributed by atoms with van der Waals surface area (Å²) in [5.41, 5.74) is 2.56. The van der Waals surface area contributed by atoms with E-state index in [1.54, 1.807) is 35.7 Å². The first-order valence-corrected chi connectivity index (χ1v) is 12.9. The van der Waals surface area contributed by atoms with Crippen molar-refractivity contribution in [3.8, 4) is 0 Å². The number of non-ortho nitro benzene ring substituents is 1. The summed E-state index contributed by atoms with van der Waals surface area (Å²) in [6.45, 7) is 1.77. The van der Waals surface area contributed by atoms with Gasteiger partial charge in [0.2, 0.25) is 11.0 Å². The third-order valence-electron chi connectivity index (χ3n) is 6.58. The summed E-state index contributed by atoms with van der Waals surface area (Å²) in [7, 11) is 0. The summed E-state index contributed by atoms with van der Waals surface area (Å²) in [5.74, 6) is -0.628. The van der Waals surface area contributed by atoms with Crippen molar-refractivity contribution in [2.75, 3.05) is 0 Å². The van der Waals surface area contributed by atoms with Crippen LogP contribution in [0.1, 0.15) is 24.5 Å². The number of allylic oxidation sites excluding steroid dienone is 1. The van der Waals surface area contributed by atoms with Crippen LogP contribution >= 0.6 is 24.0 Å². The predicted octanol–water partition coefficient (Wildman–Crippen LogP) is 5.35. The summed E-state index contributed by atoms with van der Waals surface area (Å²) in [6, 6.07) is 20.6. The number of nitro groups is 1. The van der Waals surface area contributed by atoms with Crippen LogP contribution in [0.25, 0.3) is 10.8 Å². The lowest BCUT2D eigenvalue weighted by Gasteiger charge is -2.44. The Bertz CT molecular complexity index is 1380. The molecule has 0 unspecified atom stereocenters. The van der Waals surface area contributed by atoms with Crippen LogP contribution in [0.3, 0.4) is 0 Å². The largest absolute Gasteiger partial charge is 0.477 e. The first-order valence-electron chi connectivity index (χ1n) is 11.6. The van der Waals surface area contributed by atoms with E-state index in [9.17, 15) is 20.0 Å². The third kappa shape index (κ3) is 4.50. The highest BCUT2D eigenvalue weighted by molar-refractivity contribution is 8.04. The minimum Gasteiger partial charge on any atom is -0.477 e. The smallest absolute Gasteiger partial charge is 0.269 e. The fraction of sp³-hybridized carbons (Fsp3) is 0.259. The van der Waals surface area contributed by atoms with E-state index in [0.717, 1.165) is 16.9 Å². The van der Waals surface area contributed by atoms with E-state index in [1.807, 2.05) is 18.2 Å². The number of hydrogen-bond donors (Lipinski definition) is 1. The lowest BCUT2D eigenvalue weighted by atomic mass is 9.92. The van der Waals surface area contributed by atoms with E-state index in [-0.39, 0.29) is 28.6 Å². The van der Waals surface area contributed by atoms with Crippen LogP contribution in [0.15, 0.2) is 77.3 Å². The van der Waals surface area contributed by atoms with Crippen LogP contribution in [-0.4, -0.2) is 37.4 Å². The number of thiocarbonyl (C=S) groups is 1. The van der Waals surface area contributed by atoms with Gasteiger partial charge in [-0.05, 0) is 66.0 Å². The molecule has 2 aliphatic rings. The number of thioether (sulfide) groups is 1. The summed E-state index contributed by atoms with van der Waals surface area (Å²) in [5, 5.41) is 23.4. The lowest BCUT2D eigenvalue weighted by molar-refractivity contribution is -0.384. The van der Waals surface area contributed by atoms with Gasteiger partial charge in [0.25, 0.3) is 5.69 Å². The molecule has 36 heavy (non-hydrogen) atoms. The zero-order chi connectivity index (χ0) is 25.4. The highest BCUT2D eigenvalue weighted by atomic mass is 32.2. The van der Waals surface area contributed by atoms with Gasteiger partial charge in [-0.3, -0.25) is 19.8 Å². The Kier molecular flexibility index (Phi) is 6.79. The van der Waals surface area contributed by atoms with Gasteiger partial charge < -0.3 is 9.84 Å². The average Bonchev–Trinajstić information content (AvgIpc) is 3.20. The third-order valence-corrected chi connectivity index (χ3v) is 8.32. The van der Waals surface area contributed by atoms with Crippen molar-refractivity contribution >= 4 is 51.4 Å². The van der Waals surface area contributed by atoms with Crippen LogP contribution < -0.4 is 0 Å². The van der Waals surface area contributed by atoms with E-state index >= 15 is 0 Å². The van der Waals surface area contributed by atoms with Crippen molar-refractivity contribution in [3.63, 3.8) is 0 Å². The molecule has 1 amide bonds. The van der Waals surface area contributed by atoms with E-state index < -0.39 is 16.9 Å². The van der Waals surface area contributed by atoms with Crippen molar-refractivity contribution in [2.24, 2.45) is 5.92 Å². The maximum absolute atomic E-state index is 12.9. The first kappa shape index (κ1) is 24.4. The molecule has 0 bridgehead atoms. The van der Waals surface area contributed by atoms with Gasteiger partial charge in [-0.2, -0.15) is 0 Å². The molecule has 3 aromatic carbocycles. The minimum atomic E-state index is -0.750. The number of aryl methyl sites for hydroxylation is 1. The zero-order valence-electron chi connectivity index (χ0n) is 19.5. The number of benzene rings is 3. The van der Waals surface area contributed by atoms with Crippen LogP contribution in [0.2, 0.25) is 0 Å². The van der Waals surface area contributed by atoms with Gasteiger partial charge in [0.1, 0.15) is 17.7 Å². The number of rotatable bonds is 8. The Morgan fingerprint density at radius 1 is 1.14 bits per heavy atom. The normalized spacial score (nSPS) is 19.7. The number of carbonyl (C=O) groups is 1. The number of nitro benzene ring substituents is 1. The predicted molar refractivity (Wildman–Crippen MR) is 143 cm³/mol. The number of nitrogens with zero attached hydrogens (tertiary/aromatic N) is 2. The molecule has 1 fully saturated rings. The fourth-order valence-electron chi connectivity index (χ4n) is 4.71. The highest BCUT2D eigenvalue weighted by Crippen LogP contribution is 2.52. The van der Waals surface area contributed by atoms with Crippen molar-refractivity contribution in [1.82, 2.24) is 4.90 Å². The number of fused-ring (bicyclic) bond motifs is 2. The number of aliphatic hydroxyl groups excluding tert-OH is 1. The second-order valence-electron chi connectivity index (χ2n) is 8.89. The molecule has 0 aliphatic carbocycles. The summed E-state index contributed by atoms with van der Waals surface area (Å²) >= 11 is 7.20. The Labute approximate surface area is 217 Å². The monoisotopic (exact) mass is 520 g/mol. The van der Waals surface area contributed by atoms with E-state index in [0.29, 0.717) is 12.1 Å². The van der Waals surface area contributed by atoms with Crippen LogP contribution in [-0.2, 0) is 22.6 Å². The molecule has 0 aromatic heterocycles. The fourth-order valence-corrected chi connectivity index (χ4v) is 6.67. The molecular formula is C27H24N2O5S2. The number of aliphatic hydroxyl groups is 1. The molecule has 3 atom stereocenters. The van der Waals surface area contributed by atoms with Crippen molar-refractivity contribution in [1.29, 1.82) is 0 Å². The SMILES string of the molecule is C[C@H](O)[C@@H]1C(=O)N2C(C(=S)OCc3ccc([N+](=O)[O-])cc3)=C(CCc3cccc4ccccc34)S[C@H]12. The standard InChI is InChI=1S/C27H24N2O5S2/c1-16(30)23-25(31)28-24(27(35)34-15-17-9-12-20(13-10-17)29(32)33)22(36-26(23)28)14-11-19-7-4-6-18-5-2-3-8-21(18)19/h2-10,12-13,16,23,26,30H,11,14-15H2,1H3/t16-,23+,26+/m0/s1. The van der Waals surface area contributed by atoms with Gasteiger partial charge >= 0.3 is 0 Å². The summed E-state index contributed by atoms with van der Waals surface area (Å²) in [6.07, 6.45) is 0.702. The molecule has 0 spiro atoms. The molecular weight excluding hydrogens is 496 g/mol. The van der Waals surface area contributed by atoms with Gasteiger partial charge in [-0.1, -0.05) is 42.5 Å². The summed E-state index contributed by atoms with van der Waals surface area (Å²) < 4.78 is 5.90. The van der Waals surface area contributed by atoms with Crippen molar-refractivity contribution < 1.29 is 19.6 Å². The molecule has 3 aromatic rings. The minimum absolute atomic E-state index is 0.00475. The topological polar surface area (TPSA) is 92.9 Å². The Morgan fingerprint density at radius 3 is 2.58 bits per heavy atom. The van der Waals surface area contributed by atoms with Gasteiger partial charge in [0.05, 0.1) is 16.9 Å². The van der Waals surface area contributed by atoms with Gasteiger partial charge in [0.15, 0.2) is 0 Å². The van der Waals surface area contributed by atoms with E-state index in [1.165, 1.54) is 28.5 Å². The Balaban J connectivity index is 1.37. The molecule has 1 saturated heterocycles. The molecule has 184 valence electrons. The highest BCUT2D eigenvalue weighted by Gasteiger charge is 2.56. The molecule has 7 nitrogen and oxygen atoms in total. The van der Waals surface area contributed by atoms with Crippen LogP contribution in [0.5, 0.6) is 0 Å². The molecule has 1 N–H and O–H groups in total. The lowest BCUT2D eigenvalue weighted by Crippen LogP contribution is -2.60. The van der Waals surface area contributed by atoms with Gasteiger partial charge in [-0.15, -0.1) is 11.8 Å². The Morgan fingerprint density at radius 2 is 1.86 bits per heavy atom. The van der Waals surface area contributed by atoms with Crippen LogP contribution in [0.4, 0.5) is 5.69 Å². The molecule has 2 aliphatic heterocycles. The zero-order valence-corrected chi connectivity index (χ0v) is 21.1. The quantitative estimate of drug-likeness (QED) is 0.185. The molecule has 0 saturated carbocycles. The number of β-lactam (4-membered cyclic amide) rings is 1. The maximum atomic E-state index is 12.9. The van der Waals surface area contributed by atoms with Crippen molar-refractivity contribution in [2.45, 2.75) is 37.9 Å². The number of hydrogen-bond acceptors (Lipinski definition) is 7. The second-order valence-corrected chi connectivity index (χ2v) is 10.5. The molecule has 0 radical (unpaired) electrons.